The summed E-state index contributed by atoms with van der Waals surface area (Å²) in [6.07, 6.45) is 8.26. The fourth-order valence-electron chi connectivity index (χ4n) is 3.22. The second-order valence-electron chi connectivity index (χ2n) is 6.48. The number of nitrogens with one attached hydrogen (secondary N) is 1. The molecule has 1 heterocycles. The van der Waals surface area contributed by atoms with E-state index in [0.717, 1.165) is 19.4 Å². The first-order valence-electron chi connectivity index (χ1n) is 7.63. The van der Waals surface area contributed by atoms with Crippen molar-refractivity contribution in [2.24, 2.45) is 5.92 Å². The van der Waals surface area contributed by atoms with Crippen molar-refractivity contribution in [1.29, 1.82) is 0 Å². The molecule has 1 saturated carbocycles. The molecule has 0 aromatic heterocycles. The van der Waals surface area contributed by atoms with Gasteiger partial charge in [0.25, 0.3) is 0 Å². The number of hydrogen-bond acceptors (Lipinski definition) is 3. The van der Waals surface area contributed by atoms with E-state index in [1.807, 2.05) is 11.8 Å². The van der Waals surface area contributed by atoms with Crippen LogP contribution in [0.1, 0.15) is 52.9 Å². The van der Waals surface area contributed by atoms with Gasteiger partial charge < -0.3 is 4.90 Å². The second-order valence-corrected chi connectivity index (χ2v) is 7.75. The molecule has 0 radical (unpaired) electrons. The summed E-state index contributed by atoms with van der Waals surface area (Å²) in [4.78, 5) is 14.7. The number of rotatable bonds is 6. The molecule has 2 unspecified atom stereocenters. The first-order chi connectivity index (χ1) is 9.01. The predicted molar refractivity (Wildman–Crippen MR) is 82.3 cm³/mol. The molecule has 3 nitrogen and oxygen atoms in total. The Hall–Kier alpha value is -0.220. The number of carbonyl (C=O) groups excluding carboxylic acids is 1. The Bertz CT molecular complexity index is 323. The highest BCUT2D eigenvalue weighted by atomic mass is 32.2. The van der Waals surface area contributed by atoms with Gasteiger partial charge in [-0.05, 0) is 37.9 Å². The third-order valence-electron chi connectivity index (χ3n) is 4.60. The fraction of sp³-hybridized carbons (Fsp3) is 0.933. The van der Waals surface area contributed by atoms with Gasteiger partial charge in [0.1, 0.15) is 0 Å². The maximum atomic E-state index is 12.6. The number of hydrogen-bond donors (Lipinski definition) is 1. The summed E-state index contributed by atoms with van der Waals surface area (Å²) in [5.41, 5.74) is 0. The molecule has 1 aliphatic heterocycles. The molecule has 1 amide bonds. The van der Waals surface area contributed by atoms with Crippen LogP contribution in [0.3, 0.4) is 0 Å². The van der Waals surface area contributed by atoms with Crippen LogP contribution in [0.25, 0.3) is 0 Å². The summed E-state index contributed by atoms with van der Waals surface area (Å²) in [6.45, 7) is 7.48. The lowest BCUT2D eigenvalue weighted by Gasteiger charge is -2.44. The van der Waals surface area contributed by atoms with Crippen LogP contribution in [-0.4, -0.2) is 40.6 Å². The Labute approximate surface area is 121 Å². The standard InChI is InChI=1S/C15H28N2OS/c1-5-13-16-12(9-11(2)3)14(18)17(13)10-15(19-4)7-6-8-15/h11-13,16H,5-10H2,1-4H3. The molecule has 2 fully saturated rings. The van der Waals surface area contributed by atoms with E-state index in [1.165, 1.54) is 19.3 Å². The van der Waals surface area contributed by atoms with Gasteiger partial charge in [0.15, 0.2) is 0 Å². The number of thioether (sulfide) groups is 1. The van der Waals surface area contributed by atoms with Crippen molar-refractivity contribution in [2.75, 3.05) is 12.8 Å². The SMILES string of the molecule is CCC1NC(CC(C)C)C(=O)N1CC1(SC)CCC1. The van der Waals surface area contributed by atoms with E-state index < -0.39 is 0 Å². The van der Waals surface area contributed by atoms with Crippen LogP contribution in [0.5, 0.6) is 0 Å². The van der Waals surface area contributed by atoms with Gasteiger partial charge in [0.05, 0.1) is 12.2 Å². The van der Waals surface area contributed by atoms with Crippen molar-refractivity contribution in [3.05, 3.63) is 0 Å². The molecule has 19 heavy (non-hydrogen) atoms. The minimum atomic E-state index is 0.0453. The topological polar surface area (TPSA) is 32.3 Å². The van der Waals surface area contributed by atoms with Crippen molar-refractivity contribution in [3.8, 4) is 0 Å². The molecule has 0 aromatic rings. The van der Waals surface area contributed by atoms with Crippen LogP contribution in [-0.2, 0) is 4.79 Å². The van der Waals surface area contributed by atoms with Crippen LogP contribution in [0, 0.1) is 5.92 Å². The first kappa shape index (κ1) is 15.2. The highest BCUT2D eigenvalue weighted by Crippen LogP contribution is 2.44. The van der Waals surface area contributed by atoms with Gasteiger partial charge in [-0.25, -0.2) is 0 Å². The number of amides is 1. The van der Waals surface area contributed by atoms with Gasteiger partial charge in [-0.15, -0.1) is 0 Å². The maximum absolute atomic E-state index is 12.6. The zero-order valence-corrected chi connectivity index (χ0v) is 13.6. The van der Waals surface area contributed by atoms with Gasteiger partial charge in [-0.3, -0.25) is 10.1 Å². The molecule has 2 aliphatic rings. The minimum Gasteiger partial charge on any atom is -0.324 e. The molecule has 0 spiro atoms. The van der Waals surface area contributed by atoms with Crippen molar-refractivity contribution in [3.63, 3.8) is 0 Å². The normalized spacial score (nSPS) is 29.9. The highest BCUT2D eigenvalue weighted by Gasteiger charge is 2.45. The van der Waals surface area contributed by atoms with Crippen LogP contribution in [0.2, 0.25) is 0 Å². The second kappa shape index (κ2) is 6.04. The summed E-state index contributed by atoms with van der Waals surface area (Å²) in [5, 5.41) is 3.53. The molecular weight excluding hydrogens is 256 g/mol. The van der Waals surface area contributed by atoms with Crippen molar-refractivity contribution >= 4 is 17.7 Å². The van der Waals surface area contributed by atoms with Gasteiger partial charge in [0.2, 0.25) is 5.91 Å². The lowest BCUT2D eigenvalue weighted by Crippen LogP contribution is -2.49. The Morgan fingerprint density at radius 1 is 1.47 bits per heavy atom. The highest BCUT2D eigenvalue weighted by molar-refractivity contribution is 8.00. The van der Waals surface area contributed by atoms with E-state index in [0.29, 0.717) is 16.6 Å². The molecule has 110 valence electrons. The van der Waals surface area contributed by atoms with E-state index in [2.05, 4.69) is 37.2 Å². The van der Waals surface area contributed by atoms with Crippen molar-refractivity contribution < 1.29 is 4.79 Å². The van der Waals surface area contributed by atoms with Gasteiger partial charge in [-0.2, -0.15) is 11.8 Å². The van der Waals surface area contributed by atoms with E-state index in [-0.39, 0.29) is 12.2 Å². The molecule has 0 bridgehead atoms. The number of carbonyl (C=O) groups is 1. The quantitative estimate of drug-likeness (QED) is 0.814. The monoisotopic (exact) mass is 284 g/mol. The van der Waals surface area contributed by atoms with Gasteiger partial charge >= 0.3 is 0 Å². The molecule has 0 aromatic carbocycles. The molecule has 2 rings (SSSR count). The van der Waals surface area contributed by atoms with E-state index in [9.17, 15) is 4.79 Å². The van der Waals surface area contributed by atoms with Crippen molar-refractivity contribution in [1.82, 2.24) is 10.2 Å². The summed E-state index contributed by atoms with van der Waals surface area (Å²) < 4.78 is 0.345. The summed E-state index contributed by atoms with van der Waals surface area (Å²) >= 11 is 1.95. The van der Waals surface area contributed by atoms with Crippen LogP contribution in [0.4, 0.5) is 0 Å². The van der Waals surface area contributed by atoms with Gasteiger partial charge in [0, 0.05) is 11.3 Å². The average Bonchev–Trinajstić information content (AvgIpc) is 2.60. The van der Waals surface area contributed by atoms with Crippen LogP contribution in [0.15, 0.2) is 0 Å². The molecule has 1 saturated heterocycles. The lowest BCUT2D eigenvalue weighted by atomic mass is 9.83. The predicted octanol–water partition coefficient (Wildman–Crippen LogP) is 2.85. The summed E-state index contributed by atoms with van der Waals surface area (Å²) in [7, 11) is 0. The molecule has 1 aliphatic carbocycles. The van der Waals surface area contributed by atoms with Crippen LogP contribution < -0.4 is 5.32 Å². The fourth-order valence-corrected chi connectivity index (χ4v) is 4.19. The largest absolute Gasteiger partial charge is 0.324 e. The third-order valence-corrected chi connectivity index (χ3v) is 6.00. The Morgan fingerprint density at radius 2 is 2.16 bits per heavy atom. The Kier molecular flexibility index (Phi) is 4.83. The Morgan fingerprint density at radius 3 is 2.58 bits per heavy atom. The molecule has 2 atom stereocenters. The molecular formula is C15H28N2OS. The van der Waals surface area contributed by atoms with Crippen LogP contribution >= 0.6 is 11.8 Å². The smallest absolute Gasteiger partial charge is 0.241 e. The maximum Gasteiger partial charge on any atom is 0.241 e. The first-order valence-corrected chi connectivity index (χ1v) is 8.85. The molecule has 4 heteroatoms. The van der Waals surface area contributed by atoms with Gasteiger partial charge in [-0.1, -0.05) is 27.2 Å². The van der Waals surface area contributed by atoms with E-state index in [4.69, 9.17) is 0 Å². The lowest BCUT2D eigenvalue weighted by molar-refractivity contribution is -0.131. The summed E-state index contributed by atoms with van der Waals surface area (Å²) in [6, 6.07) is 0.0453. The van der Waals surface area contributed by atoms with E-state index >= 15 is 0 Å². The molecule has 1 N–H and O–H groups in total. The zero-order valence-electron chi connectivity index (χ0n) is 12.7. The third kappa shape index (κ3) is 3.10. The summed E-state index contributed by atoms with van der Waals surface area (Å²) in [5.74, 6) is 0.901. The van der Waals surface area contributed by atoms with E-state index in [1.54, 1.807) is 0 Å². The minimum absolute atomic E-state index is 0.0453. The average molecular weight is 284 g/mol. The number of nitrogens with zero attached hydrogens (tertiary/aromatic N) is 1. The Balaban J connectivity index is 2.03. The zero-order chi connectivity index (χ0) is 14.0. The van der Waals surface area contributed by atoms with Crippen molar-refractivity contribution in [2.45, 2.75) is 69.8 Å².